The lowest BCUT2D eigenvalue weighted by molar-refractivity contribution is 0.0525. The molecule has 4 N–H and O–H groups in total. The fraction of sp³-hybridized carbons (Fsp3) is 0.364. The van der Waals surface area contributed by atoms with Crippen molar-refractivity contribution in [2.75, 3.05) is 6.61 Å². The second-order valence-electron chi connectivity index (χ2n) is 3.62. The minimum absolute atomic E-state index is 0.315. The topological polar surface area (TPSA) is 110 Å². The average Bonchev–Trinajstić information content (AvgIpc) is 2.54. The molecule has 0 fully saturated rings. The van der Waals surface area contributed by atoms with Crippen molar-refractivity contribution in [1.29, 1.82) is 0 Å². The molecule has 1 rings (SSSR count). The summed E-state index contributed by atoms with van der Waals surface area (Å²) in [6, 6.07) is -0.752. The van der Waals surface area contributed by atoms with E-state index in [2.05, 4.69) is 15.5 Å². The van der Waals surface area contributed by atoms with Crippen molar-refractivity contribution >= 4 is 18.2 Å². The van der Waals surface area contributed by atoms with E-state index >= 15 is 0 Å². The van der Waals surface area contributed by atoms with Crippen LogP contribution in [0.2, 0.25) is 0 Å². The summed E-state index contributed by atoms with van der Waals surface area (Å²) >= 11 is 0. The number of hydrogen-bond acceptors (Lipinski definition) is 4. The first kappa shape index (κ1) is 13.8. The van der Waals surface area contributed by atoms with E-state index in [1.54, 1.807) is 20.8 Å². The molecular weight excluding hydrogens is 236 g/mol. The maximum absolute atomic E-state index is 11.7. The van der Waals surface area contributed by atoms with E-state index in [0.29, 0.717) is 29.1 Å². The summed E-state index contributed by atoms with van der Waals surface area (Å²) in [4.78, 5) is 25.1. The molecule has 0 saturated heterocycles. The Bertz CT molecular complexity index is 491. The molecule has 0 aromatic carbocycles. The Morgan fingerprint density at radius 1 is 1.50 bits per heavy atom. The maximum Gasteiger partial charge on any atom is 0.340 e. The molecule has 1 aromatic heterocycles. The van der Waals surface area contributed by atoms with Gasteiger partial charge in [-0.2, -0.15) is 5.10 Å². The summed E-state index contributed by atoms with van der Waals surface area (Å²) in [6.45, 7) is 5.59. The molecule has 1 aromatic rings. The van der Waals surface area contributed by atoms with Crippen molar-refractivity contribution in [1.82, 2.24) is 10.4 Å². The monoisotopic (exact) mass is 252 g/mol. The van der Waals surface area contributed by atoms with Crippen LogP contribution in [0.5, 0.6) is 0 Å². The van der Waals surface area contributed by atoms with E-state index < -0.39 is 6.03 Å². The lowest BCUT2D eigenvalue weighted by atomic mass is 10.1. The van der Waals surface area contributed by atoms with Gasteiger partial charge in [0, 0.05) is 5.69 Å². The number of hydrazone groups is 1. The third-order valence-corrected chi connectivity index (χ3v) is 2.32. The Morgan fingerprint density at radius 2 is 2.17 bits per heavy atom. The smallest absolute Gasteiger partial charge is 0.340 e. The average molecular weight is 252 g/mol. The molecule has 18 heavy (non-hydrogen) atoms. The number of hydrogen-bond donors (Lipinski definition) is 3. The van der Waals surface area contributed by atoms with Crippen LogP contribution in [-0.2, 0) is 4.74 Å². The van der Waals surface area contributed by atoms with Crippen LogP contribution in [0.4, 0.5) is 4.79 Å². The minimum atomic E-state index is -0.752. The predicted molar refractivity (Wildman–Crippen MR) is 66.5 cm³/mol. The van der Waals surface area contributed by atoms with Crippen molar-refractivity contribution in [3.05, 3.63) is 22.5 Å². The lowest BCUT2D eigenvalue weighted by Crippen LogP contribution is -2.24. The highest BCUT2D eigenvalue weighted by Gasteiger charge is 2.18. The number of carbonyl (C=O) groups is 2. The molecule has 2 amide bonds. The van der Waals surface area contributed by atoms with Crippen LogP contribution in [0, 0.1) is 13.8 Å². The largest absolute Gasteiger partial charge is 0.462 e. The van der Waals surface area contributed by atoms with Crippen LogP contribution in [0.15, 0.2) is 5.10 Å². The summed E-state index contributed by atoms with van der Waals surface area (Å²) in [6.07, 6.45) is 1.38. The Hall–Kier alpha value is -2.31. The van der Waals surface area contributed by atoms with Gasteiger partial charge in [-0.25, -0.2) is 15.0 Å². The van der Waals surface area contributed by atoms with Crippen molar-refractivity contribution < 1.29 is 14.3 Å². The van der Waals surface area contributed by atoms with E-state index in [-0.39, 0.29) is 5.97 Å². The van der Waals surface area contributed by atoms with Gasteiger partial charge in [-0.3, -0.25) is 0 Å². The number of rotatable bonds is 4. The minimum Gasteiger partial charge on any atom is -0.462 e. The zero-order chi connectivity index (χ0) is 13.7. The number of amides is 2. The maximum atomic E-state index is 11.7. The second-order valence-corrected chi connectivity index (χ2v) is 3.62. The van der Waals surface area contributed by atoms with Gasteiger partial charge in [-0.05, 0) is 26.3 Å². The molecule has 7 nitrogen and oxygen atoms in total. The van der Waals surface area contributed by atoms with Crippen LogP contribution in [0.1, 0.15) is 34.2 Å². The van der Waals surface area contributed by atoms with Crippen LogP contribution >= 0.6 is 0 Å². The molecule has 0 unspecified atom stereocenters. The van der Waals surface area contributed by atoms with E-state index in [0.717, 1.165) is 0 Å². The van der Waals surface area contributed by atoms with Gasteiger partial charge in [0.25, 0.3) is 0 Å². The molecule has 0 bridgehead atoms. The molecule has 0 atom stereocenters. The number of esters is 1. The fourth-order valence-electron chi connectivity index (χ4n) is 1.57. The number of aromatic nitrogens is 1. The van der Waals surface area contributed by atoms with Gasteiger partial charge in [0.15, 0.2) is 0 Å². The number of primary amides is 1. The molecule has 0 radical (unpaired) electrons. The van der Waals surface area contributed by atoms with Crippen molar-refractivity contribution in [3.63, 3.8) is 0 Å². The van der Waals surface area contributed by atoms with Gasteiger partial charge in [0.1, 0.15) is 0 Å². The Balaban J connectivity index is 2.97. The number of aromatic amines is 1. The van der Waals surface area contributed by atoms with Gasteiger partial charge >= 0.3 is 12.0 Å². The van der Waals surface area contributed by atoms with Gasteiger partial charge in [0.05, 0.1) is 24.1 Å². The van der Waals surface area contributed by atoms with E-state index in [9.17, 15) is 9.59 Å². The van der Waals surface area contributed by atoms with Crippen LogP contribution in [-0.4, -0.2) is 29.8 Å². The van der Waals surface area contributed by atoms with Crippen LogP contribution in [0.25, 0.3) is 0 Å². The molecule has 0 aliphatic heterocycles. The Morgan fingerprint density at radius 3 is 2.72 bits per heavy atom. The number of nitrogens with one attached hydrogen (secondary N) is 2. The predicted octanol–water partition coefficient (Wildman–Crippen LogP) is 0.810. The number of nitrogens with zero attached hydrogens (tertiary/aromatic N) is 1. The molecule has 7 heteroatoms. The summed E-state index contributed by atoms with van der Waals surface area (Å²) in [5.74, 6) is -0.383. The third-order valence-electron chi connectivity index (χ3n) is 2.32. The Kier molecular flexibility index (Phi) is 4.47. The van der Waals surface area contributed by atoms with Gasteiger partial charge in [0.2, 0.25) is 0 Å². The number of H-pyrrole nitrogens is 1. The van der Waals surface area contributed by atoms with E-state index in [4.69, 9.17) is 10.5 Å². The molecule has 0 aliphatic carbocycles. The van der Waals surface area contributed by atoms with Crippen LogP contribution in [0.3, 0.4) is 0 Å². The highest BCUT2D eigenvalue weighted by molar-refractivity contribution is 5.96. The molecule has 0 aliphatic rings. The normalized spacial score (nSPS) is 10.6. The molecule has 0 spiro atoms. The first-order chi connectivity index (χ1) is 8.47. The van der Waals surface area contributed by atoms with Crippen molar-refractivity contribution in [2.24, 2.45) is 10.8 Å². The first-order valence-corrected chi connectivity index (χ1v) is 5.42. The fourth-order valence-corrected chi connectivity index (χ4v) is 1.57. The van der Waals surface area contributed by atoms with Crippen molar-refractivity contribution in [3.8, 4) is 0 Å². The highest BCUT2D eigenvalue weighted by Crippen LogP contribution is 2.17. The Labute approximate surface area is 104 Å². The van der Waals surface area contributed by atoms with Gasteiger partial charge in [-0.15, -0.1) is 0 Å². The van der Waals surface area contributed by atoms with E-state index in [1.165, 1.54) is 6.21 Å². The summed E-state index contributed by atoms with van der Waals surface area (Å²) in [5, 5.41) is 3.63. The highest BCUT2D eigenvalue weighted by atomic mass is 16.5. The van der Waals surface area contributed by atoms with Gasteiger partial charge < -0.3 is 15.5 Å². The summed E-state index contributed by atoms with van der Waals surface area (Å²) in [5.41, 5.74) is 9.44. The zero-order valence-corrected chi connectivity index (χ0v) is 10.5. The first-order valence-electron chi connectivity index (χ1n) is 5.42. The third kappa shape index (κ3) is 3.09. The molecule has 1 heterocycles. The number of urea groups is 1. The van der Waals surface area contributed by atoms with Crippen molar-refractivity contribution in [2.45, 2.75) is 20.8 Å². The summed E-state index contributed by atoms with van der Waals surface area (Å²) in [7, 11) is 0. The van der Waals surface area contributed by atoms with Crippen LogP contribution < -0.4 is 11.2 Å². The zero-order valence-electron chi connectivity index (χ0n) is 10.5. The molecular formula is C11H16N4O3. The quantitative estimate of drug-likeness (QED) is 0.419. The SMILES string of the molecule is CCOC(=O)c1c(C)[nH]c(/C=N\NC(N)=O)c1C. The number of nitrogens with two attached hydrogens (primary N) is 1. The van der Waals surface area contributed by atoms with E-state index in [1.807, 2.05) is 0 Å². The lowest BCUT2D eigenvalue weighted by Gasteiger charge is -2.01. The second kappa shape index (κ2) is 5.85. The van der Waals surface area contributed by atoms with Gasteiger partial charge in [-0.1, -0.05) is 0 Å². The number of ether oxygens (including phenoxy) is 1. The number of carbonyl (C=O) groups excluding carboxylic acids is 2. The molecule has 98 valence electrons. The number of aryl methyl sites for hydroxylation is 1. The summed E-state index contributed by atoms with van der Waals surface area (Å²) < 4.78 is 4.95. The molecule has 0 saturated carbocycles. The standard InChI is InChI=1S/C11H16N4O3/c1-4-18-10(16)9-6(2)8(14-7(9)3)5-13-15-11(12)17/h5,14H,4H2,1-3H3,(H3,12,15,17)/b13-5-.